The number of rotatable bonds is 15. The van der Waals surface area contributed by atoms with Crippen molar-refractivity contribution < 1.29 is 18.4 Å². The summed E-state index contributed by atoms with van der Waals surface area (Å²) in [5.74, 6) is 0.0754. The van der Waals surface area contributed by atoms with Crippen molar-refractivity contribution in [3.05, 3.63) is 72.8 Å². The van der Waals surface area contributed by atoms with E-state index in [9.17, 15) is 4.79 Å². The molecule has 0 spiro atoms. The Kier molecular flexibility index (Phi) is 13.3. The number of nitrogens with zero attached hydrogens (tertiary/aromatic N) is 1. The van der Waals surface area contributed by atoms with Crippen molar-refractivity contribution in [1.82, 2.24) is 4.90 Å². The summed E-state index contributed by atoms with van der Waals surface area (Å²) in [4.78, 5) is 14.4. The van der Waals surface area contributed by atoms with Crippen LogP contribution in [0.5, 0.6) is 0 Å². The Balaban J connectivity index is 1.64. The molecule has 1 aliphatic rings. The van der Waals surface area contributed by atoms with Crippen molar-refractivity contribution in [2.24, 2.45) is 5.92 Å². The van der Waals surface area contributed by atoms with E-state index in [-0.39, 0.29) is 40.2 Å². The molecule has 0 saturated carbocycles. The van der Waals surface area contributed by atoms with Crippen molar-refractivity contribution >= 4 is 32.9 Å². The van der Waals surface area contributed by atoms with Crippen LogP contribution in [0.25, 0.3) is 0 Å². The maximum absolute atomic E-state index is 12.7. The average Bonchev–Trinajstić information content (AvgIpc) is 3.33. The quantitative estimate of drug-likeness (QED) is 0.109. The summed E-state index contributed by atoms with van der Waals surface area (Å²) in [6.07, 6.45) is 5.47. The first-order valence-electron chi connectivity index (χ1n) is 17.4. The summed E-state index contributed by atoms with van der Waals surface area (Å²) < 4.78 is 20.6. The molecule has 1 fully saturated rings. The van der Waals surface area contributed by atoms with Gasteiger partial charge in [-0.05, 0) is 77.6 Å². The van der Waals surface area contributed by atoms with Gasteiger partial charge in [-0.15, -0.1) is 0 Å². The van der Waals surface area contributed by atoms with E-state index in [0.29, 0.717) is 6.61 Å². The fraction of sp³-hybridized carbons (Fsp3) is 0.615. The molecule has 256 valence electrons. The summed E-state index contributed by atoms with van der Waals surface area (Å²) in [6, 6.07) is 21.7. The molecule has 1 saturated heterocycles. The second-order valence-electron chi connectivity index (χ2n) is 16.2. The highest BCUT2D eigenvalue weighted by Gasteiger charge is 2.50. The minimum absolute atomic E-state index is 0.0232. The lowest BCUT2D eigenvalue weighted by atomic mass is 9.96. The zero-order valence-corrected chi connectivity index (χ0v) is 32.8. The topological polar surface area (TPSA) is 48.0 Å². The maximum atomic E-state index is 12.7. The first-order chi connectivity index (χ1) is 21.4. The lowest BCUT2D eigenvalue weighted by Gasteiger charge is -2.43. The van der Waals surface area contributed by atoms with Crippen molar-refractivity contribution in [2.45, 2.75) is 128 Å². The minimum atomic E-state index is -2.54. The molecule has 1 heterocycles. The third-order valence-electron chi connectivity index (χ3n) is 10.2. The van der Waals surface area contributed by atoms with Gasteiger partial charge in [-0.25, -0.2) is 0 Å². The number of hydrogen-bond donors (Lipinski definition) is 0. The summed E-state index contributed by atoms with van der Waals surface area (Å²) in [6.45, 7) is 25.6. The van der Waals surface area contributed by atoms with Crippen LogP contribution < -0.4 is 10.4 Å². The van der Waals surface area contributed by atoms with Crippen LogP contribution in [0.4, 0.5) is 0 Å². The van der Waals surface area contributed by atoms with Gasteiger partial charge < -0.3 is 18.5 Å². The summed E-state index contributed by atoms with van der Waals surface area (Å²) >= 11 is 0. The molecule has 1 unspecified atom stereocenters. The number of benzene rings is 2. The fourth-order valence-electron chi connectivity index (χ4n) is 6.63. The van der Waals surface area contributed by atoms with Crippen LogP contribution in [-0.2, 0) is 18.4 Å². The molecule has 1 amide bonds. The van der Waals surface area contributed by atoms with Gasteiger partial charge in [0.05, 0.1) is 12.2 Å². The SMILES string of the molecule is C=C1C[C@H](CCCO[Si](c2ccccc2)(c2ccccc2)C(C)(C)C)OC1CC[C@H](C[C@@H](C)C(=O)N(C)C)O[Si](C)(C)C(C)(C)C. The van der Waals surface area contributed by atoms with E-state index in [1.54, 1.807) is 4.90 Å². The first kappa shape index (κ1) is 38.4. The van der Waals surface area contributed by atoms with Crippen LogP contribution in [0, 0.1) is 5.92 Å². The highest BCUT2D eigenvalue weighted by Crippen LogP contribution is 2.40. The highest BCUT2D eigenvalue weighted by atomic mass is 28.4. The molecule has 0 bridgehead atoms. The van der Waals surface area contributed by atoms with Crippen LogP contribution in [-0.4, -0.2) is 66.5 Å². The Morgan fingerprint density at radius 2 is 1.48 bits per heavy atom. The smallest absolute Gasteiger partial charge is 0.261 e. The van der Waals surface area contributed by atoms with E-state index < -0.39 is 16.6 Å². The molecule has 46 heavy (non-hydrogen) atoms. The van der Waals surface area contributed by atoms with Gasteiger partial charge >= 0.3 is 0 Å². The molecular formula is C39H63NO4Si2. The molecule has 3 rings (SSSR count). The second kappa shape index (κ2) is 15.9. The van der Waals surface area contributed by atoms with Crippen molar-refractivity contribution in [3.8, 4) is 0 Å². The van der Waals surface area contributed by atoms with Crippen LogP contribution in [0.1, 0.15) is 87.0 Å². The van der Waals surface area contributed by atoms with Gasteiger partial charge in [0.15, 0.2) is 8.32 Å². The molecule has 0 aliphatic carbocycles. The number of carbonyl (C=O) groups excluding carboxylic acids is 1. The fourth-order valence-corrected chi connectivity index (χ4v) is 12.6. The monoisotopic (exact) mass is 665 g/mol. The largest absolute Gasteiger partial charge is 0.414 e. The van der Waals surface area contributed by atoms with E-state index in [0.717, 1.165) is 38.5 Å². The Morgan fingerprint density at radius 1 is 0.935 bits per heavy atom. The molecule has 2 aromatic rings. The first-order valence-corrected chi connectivity index (χ1v) is 22.2. The third-order valence-corrected chi connectivity index (χ3v) is 19.8. The number of amides is 1. The van der Waals surface area contributed by atoms with E-state index >= 15 is 0 Å². The zero-order valence-electron chi connectivity index (χ0n) is 30.8. The third kappa shape index (κ3) is 9.53. The lowest BCUT2D eigenvalue weighted by molar-refractivity contribution is -0.133. The van der Waals surface area contributed by atoms with Crippen molar-refractivity contribution in [3.63, 3.8) is 0 Å². The van der Waals surface area contributed by atoms with Crippen molar-refractivity contribution in [1.29, 1.82) is 0 Å². The number of hydrogen-bond acceptors (Lipinski definition) is 4. The second-order valence-corrected chi connectivity index (χ2v) is 25.3. The summed E-state index contributed by atoms with van der Waals surface area (Å²) in [5, 5.41) is 2.71. The molecule has 7 heteroatoms. The van der Waals surface area contributed by atoms with Gasteiger partial charge in [0.2, 0.25) is 5.91 Å². The molecular weight excluding hydrogens is 603 g/mol. The van der Waals surface area contributed by atoms with E-state index in [2.05, 4.69) is 122 Å². The van der Waals surface area contributed by atoms with Crippen LogP contribution >= 0.6 is 0 Å². The van der Waals surface area contributed by atoms with Crippen molar-refractivity contribution in [2.75, 3.05) is 20.7 Å². The van der Waals surface area contributed by atoms with Crippen LogP contribution in [0.2, 0.25) is 23.2 Å². The van der Waals surface area contributed by atoms with Crippen LogP contribution in [0.15, 0.2) is 72.8 Å². The lowest BCUT2D eigenvalue weighted by Crippen LogP contribution is -2.66. The standard InChI is InChI=1S/C39H63NO4Si2/c1-30-28-32(43-36(30)26-25-33(29-31(2)37(41)40(9)10)44-45(11,12)38(3,4)5)20-19-27-42-46(39(6,7)8,34-21-15-13-16-22-34)35-23-17-14-18-24-35/h13-18,21-24,31-33,36H,1,19-20,25-29H2,2-12H3/t31-,32+,33-,36?/m1/s1. The normalized spacial score (nSPS) is 19.2. The highest BCUT2D eigenvalue weighted by molar-refractivity contribution is 6.99. The van der Waals surface area contributed by atoms with E-state index in [1.165, 1.54) is 15.9 Å². The Bertz CT molecular complexity index is 1210. The Morgan fingerprint density at radius 3 is 1.96 bits per heavy atom. The minimum Gasteiger partial charge on any atom is -0.414 e. The Hall–Kier alpha value is -2.04. The van der Waals surface area contributed by atoms with E-state index in [1.807, 2.05) is 21.0 Å². The Labute approximate surface area is 283 Å². The predicted octanol–water partition coefficient (Wildman–Crippen LogP) is 8.34. The number of carbonyl (C=O) groups is 1. The molecule has 0 N–H and O–H groups in total. The number of ether oxygens (including phenoxy) is 1. The molecule has 5 nitrogen and oxygen atoms in total. The van der Waals surface area contributed by atoms with Gasteiger partial charge in [0, 0.05) is 32.7 Å². The predicted molar refractivity (Wildman–Crippen MR) is 199 cm³/mol. The molecule has 1 aliphatic heterocycles. The average molecular weight is 666 g/mol. The van der Waals surface area contributed by atoms with Gasteiger partial charge in [-0.2, -0.15) is 0 Å². The molecule has 0 radical (unpaired) electrons. The summed E-state index contributed by atoms with van der Waals surface area (Å²) in [7, 11) is -0.876. The molecule has 0 aromatic heterocycles. The molecule has 2 aromatic carbocycles. The van der Waals surface area contributed by atoms with Gasteiger partial charge in [0.25, 0.3) is 8.32 Å². The summed E-state index contributed by atoms with van der Waals surface area (Å²) in [5.41, 5.74) is 1.18. The van der Waals surface area contributed by atoms with Gasteiger partial charge in [0.1, 0.15) is 0 Å². The molecule has 4 atom stereocenters. The van der Waals surface area contributed by atoms with Crippen LogP contribution in [0.3, 0.4) is 0 Å². The van der Waals surface area contributed by atoms with Gasteiger partial charge in [-0.3, -0.25) is 4.79 Å². The van der Waals surface area contributed by atoms with E-state index in [4.69, 9.17) is 13.6 Å². The maximum Gasteiger partial charge on any atom is 0.261 e. The van der Waals surface area contributed by atoms with Gasteiger partial charge in [-0.1, -0.05) is 116 Å². The zero-order chi connectivity index (χ0) is 34.3.